The quantitative estimate of drug-likeness (QED) is 0.539. The number of esters is 1. The Morgan fingerprint density at radius 2 is 1.76 bits per heavy atom. The number of hydrogen-bond donors (Lipinski definition) is 0. The summed E-state index contributed by atoms with van der Waals surface area (Å²) in [5.41, 5.74) is 1.72. The van der Waals surface area contributed by atoms with Gasteiger partial charge in [0.1, 0.15) is 0 Å². The Labute approximate surface area is 174 Å². The van der Waals surface area contributed by atoms with E-state index in [1.165, 1.54) is 0 Å². The molecule has 2 aromatic carbocycles. The van der Waals surface area contributed by atoms with Crippen LogP contribution in [-0.4, -0.2) is 34.8 Å². The van der Waals surface area contributed by atoms with Crippen LogP contribution >= 0.6 is 11.3 Å². The van der Waals surface area contributed by atoms with Gasteiger partial charge in [0.2, 0.25) is 6.10 Å². The van der Waals surface area contributed by atoms with Crippen LogP contribution in [0, 0.1) is 0 Å². The minimum Gasteiger partial charge on any atom is -0.447 e. The molecular formula is C23H24N2O3S. The van der Waals surface area contributed by atoms with Crippen molar-refractivity contribution in [2.75, 3.05) is 13.1 Å². The Morgan fingerprint density at radius 1 is 1.03 bits per heavy atom. The van der Waals surface area contributed by atoms with Gasteiger partial charge in [0.15, 0.2) is 0 Å². The third kappa shape index (κ3) is 4.82. The molecule has 29 heavy (non-hydrogen) atoms. The fraction of sp³-hybridized carbons (Fsp3) is 0.348. The molecule has 0 radical (unpaired) electrons. The first kappa shape index (κ1) is 19.6. The SMILES string of the molecule is O=C(CCCc1nc2ccccc2s1)O[C@H](C(=O)N1CCCC1)c1ccccc1. The van der Waals surface area contributed by atoms with Gasteiger partial charge in [0.25, 0.3) is 5.91 Å². The summed E-state index contributed by atoms with van der Waals surface area (Å²) in [5.74, 6) is -0.458. The van der Waals surface area contributed by atoms with Crippen LogP contribution in [0.3, 0.4) is 0 Å². The third-order valence-electron chi connectivity index (χ3n) is 5.10. The Hall–Kier alpha value is -2.73. The number of benzene rings is 2. The smallest absolute Gasteiger partial charge is 0.306 e. The van der Waals surface area contributed by atoms with Crippen molar-refractivity contribution in [2.45, 2.75) is 38.2 Å². The van der Waals surface area contributed by atoms with Crippen molar-refractivity contribution < 1.29 is 14.3 Å². The predicted octanol–water partition coefficient (Wildman–Crippen LogP) is 4.53. The summed E-state index contributed by atoms with van der Waals surface area (Å²) in [6.45, 7) is 1.47. The highest BCUT2D eigenvalue weighted by Crippen LogP contribution is 2.25. The highest BCUT2D eigenvalue weighted by molar-refractivity contribution is 7.18. The van der Waals surface area contributed by atoms with E-state index in [9.17, 15) is 9.59 Å². The highest BCUT2D eigenvalue weighted by atomic mass is 32.1. The number of aromatic nitrogens is 1. The normalized spacial score (nSPS) is 14.8. The van der Waals surface area contributed by atoms with E-state index >= 15 is 0 Å². The van der Waals surface area contributed by atoms with Crippen molar-refractivity contribution in [2.24, 2.45) is 0 Å². The minimum absolute atomic E-state index is 0.117. The maximum Gasteiger partial charge on any atom is 0.306 e. The lowest BCUT2D eigenvalue weighted by molar-refractivity contribution is -0.160. The molecule has 1 aliphatic heterocycles. The van der Waals surface area contributed by atoms with Crippen LogP contribution < -0.4 is 0 Å². The highest BCUT2D eigenvalue weighted by Gasteiger charge is 2.30. The van der Waals surface area contributed by atoms with Gasteiger partial charge in [0, 0.05) is 25.1 Å². The number of ether oxygens (including phenoxy) is 1. The molecule has 1 amide bonds. The molecule has 150 valence electrons. The molecule has 2 heterocycles. The van der Waals surface area contributed by atoms with Gasteiger partial charge in [-0.05, 0) is 37.8 Å². The number of thiazole rings is 1. The van der Waals surface area contributed by atoms with Crippen molar-refractivity contribution in [3.05, 3.63) is 65.2 Å². The standard InChI is InChI=1S/C23H24N2O3S/c26-21(14-8-13-20-24-18-11-4-5-12-19(18)29-20)28-22(17-9-2-1-3-10-17)23(27)25-15-6-7-16-25/h1-5,9-12,22H,6-8,13-16H2/t22-/m0/s1. The molecule has 4 rings (SSSR count). The number of fused-ring (bicyclic) bond motifs is 1. The summed E-state index contributed by atoms with van der Waals surface area (Å²) < 4.78 is 6.82. The number of amides is 1. The van der Waals surface area contributed by atoms with Gasteiger partial charge >= 0.3 is 5.97 Å². The molecule has 6 heteroatoms. The molecular weight excluding hydrogens is 384 g/mol. The largest absolute Gasteiger partial charge is 0.447 e. The van der Waals surface area contributed by atoms with E-state index in [0.717, 1.165) is 53.1 Å². The van der Waals surface area contributed by atoms with Gasteiger partial charge in [-0.25, -0.2) is 4.98 Å². The van der Waals surface area contributed by atoms with Crippen molar-refractivity contribution in [3.8, 4) is 0 Å². The van der Waals surface area contributed by atoms with Crippen molar-refractivity contribution in [3.63, 3.8) is 0 Å². The van der Waals surface area contributed by atoms with Crippen molar-refractivity contribution in [1.29, 1.82) is 0 Å². The Kier molecular flexibility index (Phi) is 6.20. The van der Waals surface area contributed by atoms with Gasteiger partial charge in [-0.2, -0.15) is 0 Å². The molecule has 0 bridgehead atoms. The zero-order valence-corrected chi connectivity index (χ0v) is 17.1. The number of hydrogen-bond acceptors (Lipinski definition) is 5. The average molecular weight is 409 g/mol. The second-order valence-electron chi connectivity index (χ2n) is 7.24. The Bertz CT molecular complexity index is 947. The molecule has 0 unspecified atom stereocenters. The number of aryl methyl sites for hydroxylation is 1. The summed E-state index contributed by atoms with van der Waals surface area (Å²) in [7, 11) is 0. The van der Waals surface area contributed by atoms with Crippen molar-refractivity contribution >= 4 is 33.4 Å². The molecule has 0 saturated carbocycles. The monoisotopic (exact) mass is 408 g/mol. The van der Waals surface area contributed by atoms with Crippen LogP contribution in [0.15, 0.2) is 54.6 Å². The van der Waals surface area contributed by atoms with Crippen LogP contribution in [-0.2, 0) is 20.7 Å². The second kappa shape index (κ2) is 9.18. The second-order valence-corrected chi connectivity index (χ2v) is 8.36. The van der Waals surface area contributed by atoms with Gasteiger partial charge < -0.3 is 9.64 Å². The maximum absolute atomic E-state index is 12.9. The number of nitrogens with zero attached hydrogens (tertiary/aromatic N) is 2. The zero-order chi connectivity index (χ0) is 20.1. The Morgan fingerprint density at radius 3 is 2.52 bits per heavy atom. The first-order chi connectivity index (χ1) is 14.2. The first-order valence-corrected chi connectivity index (χ1v) is 10.9. The molecule has 1 saturated heterocycles. The fourth-order valence-corrected chi connectivity index (χ4v) is 4.60. The van der Waals surface area contributed by atoms with Crippen molar-refractivity contribution in [1.82, 2.24) is 9.88 Å². The van der Waals surface area contributed by atoms with Crippen LogP contribution in [0.5, 0.6) is 0 Å². The lowest BCUT2D eigenvalue weighted by Gasteiger charge is -2.23. The van der Waals surface area contributed by atoms with Crippen LogP contribution in [0.2, 0.25) is 0 Å². The minimum atomic E-state index is -0.857. The van der Waals surface area contributed by atoms with E-state index < -0.39 is 6.10 Å². The topological polar surface area (TPSA) is 59.5 Å². The van der Waals surface area contributed by atoms with Gasteiger partial charge in [-0.3, -0.25) is 9.59 Å². The lowest BCUT2D eigenvalue weighted by Crippen LogP contribution is -2.34. The van der Waals surface area contributed by atoms with Gasteiger partial charge in [-0.1, -0.05) is 42.5 Å². The summed E-state index contributed by atoms with van der Waals surface area (Å²) in [6.07, 6.45) is 2.80. The van der Waals surface area contributed by atoms with E-state index in [-0.39, 0.29) is 18.3 Å². The fourth-order valence-electron chi connectivity index (χ4n) is 3.59. The molecule has 5 nitrogen and oxygen atoms in total. The molecule has 1 aromatic heterocycles. The Balaban J connectivity index is 1.36. The molecule has 3 aromatic rings. The van der Waals surface area contributed by atoms with Crippen LogP contribution in [0.25, 0.3) is 10.2 Å². The van der Waals surface area contributed by atoms with Crippen LogP contribution in [0.4, 0.5) is 0 Å². The van der Waals surface area contributed by atoms with E-state index in [0.29, 0.717) is 6.42 Å². The number of carbonyl (C=O) groups excluding carboxylic acids is 2. The average Bonchev–Trinajstić information content (AvgIpc) is 3.42. The first-order valence-electron chi connectivity index (χ1n) is 10.1. The molecule has 0 aliphatic carbocycles. The van der Waals surface area contributed by atoms with Crippen LogP contribution in [0.1, 0.15) is 42.4 Å². The molecule has 0 spiro atoms. The van der Waals surface area contributed by atoms with E-state index in [1.807, 2.05) is 48.5 Å². The van der Waals surface area contributed by atoms with Gasteiger partial charge in [-0.15, -0.1) is 11.3 Å². The molecule has 0 N–H and O–H groups in total. The number of likely N-dealkylation sites (tertiary alicyclic amines) is 1. The maximum atomic E-state index is 12.9. The summed E-state index contributed by atoms with van der Waals surface area (Å²) in [6, 6.07) is 17.3. The third-order valence-corrected chi connectivity index (χ3v) is 6.20. The molecule has 1 aliphatic rings. The summed E-state index contributed by atoms with van der Waals surface area (Å²) in [5, 5.41) is 1.02. The molecule has 1 atom stereocenters. The van der Waals surface area contributed by atoms with E-state index in [4.69, 9.17) is 4.74 Å². The lowest BCUT2D eigenvalue weighted by atomic mass is 10.1. The summed E-state index contributed by atoms with van der Waals surface area (Å²) >= 11 is 1.66. The number of para-hydroxylation sites is 1. The number of carbonyl (C=O) groups is 2. The zero-order valence-electron chi connectivity index (χ0n) is 16.3. The van der Waals surface area contributed by atoms with E-state index in [1.54, 1.807) is 16.2 Å². The van der Waals surface area contributed by atoms with E-state index in [2.05, 4.69) is 11.1 Å². The predicted molar refractivity (Wildman–Crippen MR) is 114 cm³/mol. The van der Waals surface area contributed by atoms with Gasteiger partial charge in [0.05, 0.1) is 15.2 Å². The summed E-state index contributed by atoms with van der Waals surface area (Å²) in [4.78, 5) is 31.8. The number of rotatable bonds is 7. The molecule has 1 fully saturated rings.